The summed E-state index contributed by atoms with van der Waals surface area (Å²) in [5.74, 6) is -0.0904. The van der Waals surface area contributed by atoms with E-state index in [2.05, 4.69) is 16.6 Å². The molecule has 3 aromatic rings. The molecule has 0 spiro atoms. The number of unbranched alkanes of at least 4 members (excludes halogenated alkanes) is 5. The van der Waals surface area contributed by atoms with Gasteiger partial charge in [0.25, 0.3) is 0 Å². The van der Waals surface area contributed by atoms with Gasteiger partial charge in [0, 0.05) is 22.2 Å². The predicted molar refractivity (Wildman–Crippen MR) is 131 cm³/mol. The van der Waals surface area contributed by atoms with Crippen LogP contribution in [-0.4, -0.2) is 33.2 Å². The monoisotopic (exact) mass is 491 g/mol. The summed E-state index contributed by atoms with van der Waals surface area (Å²) in [7, 11) is -2.86. The van der Waals surface area contributed by atoms with Crippen LogP contribution in [0.5, 0.6) is 5.75 Å². The SMILES string of the molecule is CCCCCCCCOC(=O)NS(=O)(=O)Nc1cc(-c2cc3cc(F)ccc3[nH]2)ccc1OC. The van der Waals surface area contributed by atoms with Crippen LogP contribution in [0.1, 0.15) is 45.4 Å². The molecule has 3 rings (SSSR count). The zero-order chi connectivity index (χ0) is 24.6. The lowest BCUT2D eigenvalue weighted by atomic mass is 10.1. The molecule has 0 aliphatic rings. The van der Waals surface area contributed by atoms with Crippen LogP contribution >= 0.6 is 0 Å². The van der Waals surface area contributed by atoms with Crippen LogP contribution < -0.4 is 14.2 Å². The molecule has 0 bridgehead atoms. The molecule has 1 amide bonds. The molecule has 34 heavy (non-hydrogen) atoms. The van der Waals surface area contributed by atoms with Gasteiger partial charge < -0.3 is 14.5 Å². The summed E-state index contributed by atoms with van der Waals surface area (Å²) in [5, 5.41) is 0.683. The minimum atomic E-state index is -4.26. The number of anilines is 1. The minimum absolute atomic E-state index is 0.126. The molecule has 0 unspecified atom stereocenters. The lowest BCUT2D eigenvalue weighted by molar-refractivity contribution is 0.150. The molecular weight excluding hydrogens is 461 g/mol. The Balaban J connectivity index is 1.64. The van der Waals surface area contributed by atoms with Crippen LogP contribution in [0, 0.1) is 5.82 Å². The lowest BCUT2D eigenvalue weighted by Gasteiger charge is -2.14. The van der Waals surface area contributed by atoms with Gasteiger partial charge in [-0.1, -0.05) is 39.0 Å². The third-order valence-electron chi connectivity index (χ3n) is 5.29. The number of benzene rings is 2. The number of fused-ring (bicyclic) bond motifs is 1. The van der Waals surface area contributed by atoms with E-state index in [1.807, 2.05) is 4.72 Å². The number of carbonyl (C=O) groups is 1. The number of nitrogens with one attached hydrogen (secondary N) is 3. The molecule has 0 aliphatic carbocycles. The van der Waals surface area contributed by atoms with Crippen LogP contribution in [0.15, 0.2) is 42.5 Å². The Labute approximate surface area is 199 Å². The topological polar surface area (TPSA) is 110 Å². The number of hydrogen-bond acceptors (Lipinski definition) is 5. The lowest BCUT2D eigenvalue weighted by Crippen LogP contribution is -2.36. The zero-order valence-corrected chi connectivity index (χ0v) is 20.1. The molecule has 0 saturated carbocycles. The number of methoxy groups -OCH3 is 1. The van der Waals surface area contributed by atoms with Crippen molar-refractivity contribution < 1.29 is 27.1 Å². The van der Waals surface area contributed by atoms with E-state index in [0.29, 0.717) is 23.1 Å². The predicted octanol–water partition coefficient (Wildman–Crippen LogP) is 5.73. The van der Waals surface area contributed by atoms with Gasteiger partial charge in [-0.3, -0.25) is 4.72 Å². The van der Waals surface area contributed by atoms with Gasteiger partial charge in [-0.2, -0.15) is 8.42 Å². The molecule has 0 saturated heterocycles. The van der Waals surface area contributed by atoms with Gasteiger partial charge in [-0.05, 0) is 48.9 Å². The number of ether oxygens (including phenoxy) is 2. The van der Waals surface area contributed by atoms with Crippen LogP contribution in [0.2, 0.25) is 0 Å². The van der Waals surface area contributed by atoms with E-state index in [0.717, 1.165) is 31.2 Å². The van der Waals surface area contributed by atoms with Crippen LogP contribution in [0.4, 0.5) is 14.9 Å². The van der Waals surface area contributed by atoms with Crippen molar-refractivity contribution in [2.45, 2.75) is 45.4 Å². The Hall–Kier alpha value is -3.27. The van der Waals surface area contributed by atoms with Gasteiger partial charge in [0.1, 0.15) is 11.6 Å². The first-order valence-corrected chi connectivity index (χ1v) is 12.7. The summed E-state index contributed by atoms with van der Waals surface area (Å²) < 4.78 is 52.9. The summed E-state index contributed by atoms with van der Waals surface area (Å²) in [6, 6.07) is 11.0. The molecule has 3 N–H and O–H groups in total. The quantitative estimate of drug-likeness (QED) is 0.281. The van der Waals surface area contributed by atoms with Crippen LogP contribution in [0.25, 0.3) is 22.2 Å². The standard InChI is InChI=1S/C24H30FN3O5S/c1-3-4-5-6-7-8-13-33-24(29)28-34(30,31)27-22-15-17(9-12-23(22)32-2)21-16-18-14-19(25)10-11-20(18)26-21/h9-12,14-16,26-27H,3-8,13H2,1-2H3,(H,28,29). The fourth-order valence-corrected chi connectivity index (χ4v) is 4.35. The van der Waals surface area contributed by atoms with Gasteiger partial charge in [0.2, 0.25) is 0 Å². The highest BCUT2D eigenvalue weighted by molar-refractivity contribution is 7.91. The Morgan fingerprint density at radius 1 is 1.03 bits per heavy atom. The second kappa shape index (κ2) is 11.7. The molecule has 0 atom stereocenters. The van der Waals surface area contributed by atoms with Crippen molar-refractivity contribution in [3.05, 3.63) is 48.3 Å². The summed E-state index contributed by atoms with van der Waals surface area (Å²) in [6.45, 7) is 2.28. The second-order valence-corrected chi connectivity index (χ2v) is 9.36. The maximum absolute atomic E-state index is 13.5. The Morgan fingerprint density at radius 3 is 2.56 bits per heavy atom. The first kappa shape index (κ1) is 25.4. The number of halogens is 1. The molecule has 0 aliphatic heterocycles. The molecule has 1 aromatic heterocycles. The Kier molecular flexibility index (Phi) is 8.75. The van der Waals surface area contributed by atoms with Crippen molar-refractivity contribution in [1.82, 2.24) is 9.71 Å². The maximum Gasteiger partial charge on any atom is 0.422 e. The highest BCUT2D eigenvalue weighted by Crippen LogP contribution is 2.32. The number of hydrogen-bond donors (Lipinski definition) is 3. The van der Waals surface area contributed by atoms with E-state index >= 15 is 0 Å². The van der Waals surface area contributed by atoms with E-state index in [9.17, 15) is 17.6 Å². The number of carbonyl (C=O) groups excluding carboxylic acids is 1. The van der Waals surface area contributed by atoms with Crippen molar-refractivity contribution in [3.63, 3.8) is 0 Å². The Bertz CT molecular complexity index is 1230. The third kappa shape index (κ3) is 7.11. The molecule has 0 fully saturated rings. The van der Waals surface area contributed by atoms with Crippen molar-refractivity contribution in [3.8, 4) is 17.0 Å². The molecule has 10 heteroatoms. The van der Waals surface area contributed by atoms with Crippen LogP contribution in [-0.2, 0) is 14.9 Å². The number of aromatic amines is 1. The van der Waals surface area contributed by atoms with E-state index in [-0.39, 0.29) is 23.9 Å². The molecule has 1 heterocycles. The largest absolute Gasteiger partial charge is 0.495 e. The summed E-state index contributed by atoms with van der Waals surface area (Å²) >= 11 is 0. The molecule has 184 valence electrons. The smallest absolute Gasteiger partial charge is 0.422 e. The van der Waals surface area contributed by atoms with Crippen molar-refractivity contribution in [1.29, 1.82) is 0 Å². The number of amides is 1. The number of H-pyrrole nitrogens is 1. The van der Waals surface area contributed by atoms with Crippen molar-refractivity contribution in [2.75, 3.05) is 18.4 Å². The fourth-order valence-electron chi connectivity index (χ4n) is 3.57. The summed E-state index contributed by atoms with van der Waals surface area (Å²) in [4.78, 5) is 15.1. The molecule has 2 aromatic carbocycles. The Morgan fingerprint density at radius 2 is 1.79 bits per heavy atom. The van der Waals surface area contributed by atoms with E-state index in [4.69, 9.17) is 9.47 Å². The maximum atomic E-state index is 13.5. The first-order chi connectivity index (χ1) is 16.3. The van der Waals surface area contributed by atoms with Gasteiger partial charge in [0.15, 0.2) is 0 Å². The minimum Gasteiger partial charge on any atom is -0.495 e. The highest BCUT2D eigenvalue weighted by atomic mass is 32.2. The number of rotatable bonds is 12. The average Bonchev–Trinajstić information content (AvgIpc) is 3.21. The van der Waals surface area contributed by atoms with E-state index < -0.39 is 16.3 Å². The highest BCUT2D eigenvalue weighted by Gasteiger charge is 2.18. The van der Waals surface area contributed by atoms with Crippen LogP contribution in [0.3, 0.4) is 0 Å². The molecule has 8 nitrogen and oxygen atoms in total. The fraction of sp³-hybridized carbons (Fsp3) is 0.375. The first-order valence-electron chi connectivity index (χ1n) is 11.3. The van der Waals surface area contributed by atoms with Gasteiger partial charge in [0.05, 0.1) is 19.4 Å². The normalized spacial score (nSPS) is 11.4. The van der Waals surface area contributed by atoms with Gasteiger partial charge in [-0.25, -0.2) is 13.9 Å². The summed E-state index contributed by atoms with van der Waals surface area (Å²) in [6.07, 6.45) is 5.07. The average molecular weight is 492 g/mol. The zero-order valence-electron chi connectivity index (χ0n) is 19.3. The molecular formula is C24H30FN3O5S. The second-order valence-electron chi connectivity index (χ2n) is 7.94. The van der Waals surface area contributed by atoms with Gasteiger partial charge in [-0.15, -0.1) is 0 Å². The molecule has 0 radical (unpaired) electrons. The van der Waals surface area contributed by atoms with E-state index in [1.165, 1.54) is 25.7 Å². The third-order valence-corrected chi connectivity index (χ3v) is 6.21. The van der Waals surface area contributed by atoms with Crippen molar-refractivity contribution >= 4 is 32.9 Å². The number of aromatic nitrogens is 1. The van der Waals surface area contributed by atoms with Gasteiger partial charge >= 0.3 is 16.3 Å². The summed E-state index contributed by atoms with van der Waals surface area (Å²) in [5.41, 5.74) is 2.17. The van der Waals surface area contributed by atoms with E-state index in [1.54, 1.807) is 30.3 Å². The van der Waals surface area contributed by atoms with Crippen molar-refractivity contribution in [2.24, 2.45) is 0 Å².